The molecule has 8 rings (SSSR count). The molecule has 0 aliphatic heterocycles. The van der Waals surface area contributed by atoms with Crippen molar-refractivity contribution in [1.29, 1.82) is 0 Å². The number of hydrogen-bond donors (Lipinski definition) is 0. The van der Waals surface area contributed by atoms with Crippen molar-refractivity contribution in [2.24, 2.45) is 0 Å². The van der Waals surface area contributed by atoms with E-state index in [0.29, 0.717) is 17.5 Å². The Morgan fingerprint density at radius 1 is 0.378 bits per heavy atom. The monoisotopic (exact) mass is 578 g/mol. The Morgan fingerprint density at radius 2 is 0.800 bits per heavy atom. The summed E-state index contributed by atoms with van der Waals surface area (Å²) in [5.41, 5.74) is 9.53. The van der Waals surface area contributed by atoms with E-state index in [9.17, 15) is 0 Å². The molecule has 6 heteroatoms. The molecule has 0 bridgehead atoms. The first-order chi connectivity index (χ1) is 22.3. The molecule has 0 saturated carbocycles. The Labute approximate surface area is 260 Å². The van der Waals surface area contributed by atoms with Crippen LogP contribution >= 0.6 is 0 Å². The van der Waals surface area contributed by atoms with Crippen LogP contribution in [0.1, 0.15) is 0 Å². The van der Waals surface area contributed by atoms with E-state index < -0.39 is 0 Å². The third-order valence-electron chi connectivity index (χ3n) is 7.76. The Kier molecular flexibility index (Phi) is 6.70. The van der Waals surface area contributed by atoms with Crippen LogP contribution in [0.25, 0.3) is 73.5 Å². The first-order valence-electron chi connectivity index (χ1n) is 14.8. The van der Waals surface area contributed by atoms with Gasteiger partial charge in [0.1, 0.15) is 0 Å². The molecule has 0 atom stereocenters. The third-order valence-corrected chi connectivity index (χ3v) is 7.76. The molecule has 8 aromatic rings. The molecule has 0 fully saturated rings. The van der Waals surface area contributed by atoms with Gasteiger partial charge in [-0.05, 0) is 11.6 Å². The zero-order valence-electron chi connectivity index (χ0n) is 24.2. The van der Waals surface area contributed by atoms with Gasteiger partial charge in [-0.15, -0.1) is 0 Å². The summed E-state index contributed by atoms with van der Waals surface area (Å²) in [6, 6.07) is 50.9. The number of fused-ring (bicyclic) bond motifs is 1. The van der Waals surface area contributed by atoms with Gasteiger partial charge in [0.25, 0.3) is 0 Å². The quantitative estimate of drug-likeness (QED) is 0.197. The molecule has 212 valence electrons. The van der Waals surface area contributed by atoms with Gasteiger partial charge in [-0.2, -0.15) is 5.10 Å². The van der Waals surface area contributed by atoms with Crippen molar-refractivity contribution in [3.8, 4) is 67.8 Å². The molecule has 0 radical (unpaired) electrons. The predicted octanol–water partition coefficient (Wildman–Crippen LogP) is 8.92. The number of benzene rings is 5. The second-order valence-corrected chi connectivity index (χ2v) is 10.7. The summed E-state index contributed by atoms with van der Waals surface area (Å²) >= 11 is 0. The van der Waals surface area contributed by atoms with Gasteiger partial charge in [-0.3, -0.25) is 0 Å². The third kappa shape index (κ3) is 5.15. The minimum Gasteiger partial charge on any atom is -0.228 e. The summed E-state index contributed by atoms with van der Waals surface area (Å²) < 4.78 is 1.93. The highest BCUT2D eigenvalue weighted by Crippen LogP contribution is 2.32. The summed E-state index contributed by atoms with van der Waals surface area (Å²) in [5.74, 6) is 1.89. The zero-order chi connectivity index (χ0) is 30.0. The van der Waals surface area contributed by atoms with E-state index in [1.165, 1.54) is 0 Å². The number of aromatic nitrogens is 6. The van der Waals surface area contributed by atoms with Crippen molar-refractivity contribution in [3.05, 3.63) is 158 Å². The van der Waals surface area contributed by atoms with Crippen LogP contribution in [0.15, 0.2) is 158 Å². The van der Waals surface area contributed by atoms with Gasteiger partial charge in [0, 0.05) is 33.4 Å². The van der Waals surface area contributed by atoms with Gasteiger partial charge in [0.2, 0.25) is 0 Å². The average molecular weight is 579 g/mol. The summed E-state index contributed by atoms with van der Waals surface area (Å²) in [5, 5.41) is 4.80. The van der Waals surface area contributed by atoms with Crippen molar-refractivity contribution in [2.75, 3.05) is 0 Å². The fourth-order valence-corrected chi connectivity index (χ4v) is 5.47. The molecule has 0 saturated heterocycles. The second kappa shape index (κ2) is 11.4. The van der Waals surface area contributed by atoms with Gasteiger partial charge >= 0.3 is 0 Å². The molecule has 0 aliphatic rings. The smallest absolute Gasteiger partial charge is 0.164 e. The van der Waals surface area contributed by atoms with Crippen LogP contribution in [0, 0.1) is 0 Å². The molecule has 45 heavy (non-hydrogen) atoms. The second-order valence-electron chi connectivity index (χ2n) is 10.7. The number of rotatable bonds is 6. The van der Waals surface area contributed by atoms with Crippen LogP contribution < -0.4 is 0 Å². The van der Waals surface area contributed by atoms with Crippen LogP contribution in [-0.4, -0.2) is 29.5 Å². The molecule has 3 heterocycles. The lowest BCUT2D eigenvalue weighted by molar-refractivity contribution is 0.949. The first kappa shape index (κ1) is 26.4. The first-order valence-corrected chi connectivity index (χ1v) is 14.8. The molecular formula is C39H26N6. The molecule has 3 aromatic heterocycles. The molecule has 0 spiro atoms. The summed E-state index contributed by atoms with van der Waals surface area (Å²) in [6.07, 6.45) is 1.89. The van der Waals surface area contributed by atoms with E-state index in [1.54, 1.807) is 0 Å². The molecule has 0 amide bonds. The maximum Gasteiger partial charge on any atom is 0.164 e. The van der Waals surface area contributed by atoms with E-state index in [2.05, 4.69) is 54.6 Å². The fourth-order valence-electron chi connectivity index (χ4n) is 5.47. The van der Waals surface area contributed by atoms with E-state index in [1.807, 2.05) is 108 Å². The van der Waals surface area contributed by atoms with Crippen LogP contribution in [0.2, 0.25) is 0 Å². The Hall–Kier alpha value is -6.27. The largest absolute Gasteiger partial charge is 0.228 e. The summed E-state index contributed by atoms with van der Waals surface area (Å²) in [7, 11) is 0. The van der Waals surface area contributed by atoms with Crippen LogP contribution in [0.4, 0.5) is 0 Å². The summed E-state index contributed by atoms with van der Waals surface area (Å²) in [4.78, 5) is 19.7. The van der Waals surface area contributed by atoms with E-state index >= 15 is 0 Å². The normalized spacial score (nSPS) is 11.1. The minimum atomic E-state index is 0.616. The molecule has 6 nitrogen and oxygen atoms in total. The van der Waals surface area contributed by atoms with E-state index in [4.69, 9.17) is 25.0 Å². The fraction of sp³-hybridized carbons (Fsp3) is 0. The maximum atomic E-state index is 5.11. The lowest BCUT2D eigenvalue weighted by atomic mass is 10.0. The standard InChI is InChI=1S/C39H26N6/c1-5-13-28(14-6-1)34-25-35(29-15-7-2-8-16-29)45-39(41-34)33(26-40-45)27-21-23-32(24-22-27)38-43-36(30-17-9-3-10-18-30)42-37(44-38)31-19-11-4-12-20-31/h1-26H. The molecular weight excluding hydrogens is 552 g/mol. The van der Waals surface area contributed by atoms with Crippen molar-refractivity contribution < 1.29 is 0 Å². The maximum absolute atomic E-state index is 5.11. The molecule has 0 aliphatic carbocycles. The highest BCUT2D eigenvalue weighted by atomic mass is 15.3. The minimum absolute atomic E-state index is 0.616. The van der Waals surface area contributed by atoms with Crippen LogP contribution in [0.5, 0.6) is 0 Å². The van der Waals surface area contributed by atoms with Crippen LogP contribution in [-0.2, 0) is 0 Å². The average Bonchev–Trinajstić information content (AvgIpc) is 3.57. The highest BCUT2D eigenvalue weighted by Gasteiger charge is 2.17. The van der Waals surface area contributed by atoms with Crippen molar-refractivity contribution in [1.82, 2.24) is 29.5 Å². The number of nitrogens with zero attached hydrogens (tertiary/aromatic N) is 6. The van der Waals surface area contributed by atoms with Crippen LogP contribution in [0.3, 0.4) is 0 Å². The molecule has 0 N–H and O–H groups in total. The van der Waals surface area contributed by atoms with Gasteiger partial charge < -0.3 is 0 Å². The Bertz CT molecular complexity index is 2170. The molecule has 5 aromatic carbocycles. The Morgan fingerprint density at radius 3 is 1.31 bits per heavy atom. The van der Waals surface area contributed by atoms with Crippen molar-refractivity contribution in [2.45, 2.75) is 0 Å². The SMILES string of the molecule is c1ccc(-c2cc(-c3ccccc3)n3ncc(-c4ccc(-c5nc(-c6ccccc6)nc(-c6ccccc6)n5)cc4)c3n2)cc1. The topological polar surface area (TPSA) is 68.9 Å². The van der Waals surface area contributed by atoms with Gasteiger partial charge in [0.05, 0.1) is 17.6 Å². The van der Waals surface area contributed by atoms with Crippen molar-refractivity contribution in [3.63, 3.8) is 0 Å². The zero-order valence-corrected chi connectivity index (χ0v) is 24.2. The van der Waals surface area contributed by atoms with E-state index in [0.717, 1.165) is 56.0 Å². The summed E-state index contributed by atoms with van der Waals surface area (Å²) in [6.45, 7) is 0. The van der Waals surface area contributed by atoms with Gasteiger partial charge in [-0.1, -0.05) is 146 Å². The number of hydrogen-bond acceptors (Lipinski definition) is 5. The van der Waals surface area contributed by atoms with E-state index in [-0.39, 0.29) is 0 Å². The van der Waals surface area contributed by atoms with Crippen molar-refractivity contribution >= 4 is 5.65 Å². The van der Waals surface area contributed by atoms with Gasteiger partial charge in [-0.25, -0.2) is 24.5 Å². The predicted molar refractivity (Wildman–Crippen MR) is 179 cm³/mol. The molecule has 0 unspecified atom stereocenters. The lowest BCUT2D eigenvalue weighted by Gasteiger charge is -2.10. The highest BCUT2D eigenvalue weighted by molar-refractivity contribution is 5.82. The lowest BCUT2D eigenvalue weighted by Crippen LogP contribution is -2.00. The Balaban J connectivity index is 1.23. The van der Waals surface area contributed by atoms with Gasteiger partial charge in [0.15, 0.2) is 23.1 Å².